The first-order valence-electron chi connectivity index (χ1n) is 6.84. The van der Waals surface area contributed by atoms with Crippen LogP contribution in [0.1, 0.15) is 0 Å². The zero-order valence-electron chi connectivity index (χ0n) is 12.5. The van der Waals surface area contributed by atoms with Gasteiger partial charge >= 0.3 is 24.1 Å². The van der Waals surface area contributed by atoms with Crippen molar-refractivity contribution >= 4 is 0 Å². The number of rotatable bonds is 3. The third-order valence-electron chi connectivity index (χ3n) is 3.43. The Bertz CT molecular complexity index is 692. The minimum atomic E-state index is -6.78. The van der Waals surface area contributed by atoms with Crippen molar-refractivity contribution in [2.24, 2.45) is 0 Å². The van der Waals surface area contributed by atoms with Crippen LogP contribution in [0.2, 0.25) is 0 Å². The van der Waals surface area contributed by atoms with E-state index in [4.69, 9.17) is 0 Å². The van der Waals surface area contributed by atoms with Crippen LogP contribution in [-0.4, -0.2) is 24.1 Å². The number of hydrogen-bond acceptors (Lipinski definition) is 1. The molecule has 1 nitrogen and oxygen atoms in total. The van der Waals surface area contributed by atoms with E-state index >= 15 is 0 Å². The topological polar surface area (TPSA) is 9.23 Å². The highest BCUT2D eigenvalue weighted by molar-refractivity contribution is 5.63. The average Bonchev–Trinajstić information content (AvgIpc) is 2.50. The maximum Gasteiger partial charge on any atom is 0.447 e. The summed E-state index contributed by atoms with van der Waals surface area (Å²) >= 11 is 0. The Kier molecular flexibility index (Phi) is 4.91. The van der Waals surface area contributed by atoms with E-state index in [9.17, 15) is 39.5 Å². The van der Waals surface area contributed by atoms with Crippen LogP contribution >= 0.6 is 0 Å². The van der Waals surface area contributed by atoms with Gasteiger partial charge < -0.3 is 4.74 Å². The van der Waals surface area contributed by atoms with E-state index in [0.717, 1.165) is 12.1 Å². The minimum absolute atomic E-state index is 0.370. The number of ether oxygens (including phenoxy) is 1. The van der Waals surface area contributed by atoms with Gasteiger partial charge in [0, 0.05) is 0 Å². The molecule has 0 heterocycles. The van der Waals surface area contributed by atoms with Crippen LogP contribution in [0.25, 0.3) is 11.1 Å². The lowest BCUT2D eigenvalue weighted by Crippen LogP contribution is -2.69. The molecule has 2 rings (SSSR count). The molecule has 0 N–H and O–H groups in total. The minimum Gasteiger partial charge on any atom is -0.462 e. The number of hydrogen-bond donors (Lipinski definition) is 0. The molecule has 0 bridgehead atoms. The van der Waals surface area contributed by atoms with Crippen molar-refractivity contribution in [3.05, 3.63) is 54.6 Å². The molecule has 0 fully saturated rings. The van der Waals surface area contributed by atoms with Gasteiger partial charge in [-0.25, -0.2) is 0 Å². The average molecular weight is 388 g/mol. The molecule has 2 aromatic rings. The van der Waals surface area contributed by atoms with Crippen LogP contribution in [0, 0.1) is 0 Å². The number of benzene rings is 2. The largest absolute Gasteiger partial charge is 0.462 e. The number of alkyl halides is 9. The van der Waals surface area contributed by atoms with Gasteiger partial charge in [-0.05, 0) is 23.3 Å². The van der Waals surface area contributed by atoms with Crippen molar-refractivity contribution in [3.63, 3.8) is 0 Å². The van der Waals surface area contributed by atoms with Crippen LogP contribution in [0.5, 0.6) is 5.75 Å². The smallest absolute Gasteiger partial charge is 0.447 e. The Morgan fingerprint density at radius 2 is 0.885 bits per heavy atom. The summed E-state index contributed by atoms with van der Waals surface area (Å²) in [5.41, 5.74) is -5.40. The summed E-state index contributed by atoms with van der Waals surface area (Å²) < 4.78 is 119. The summed E-state index contributed by atoms with van der Waals surface area (Å²) in [6.45, 7) is 0. The van der Waals surface area contributed by atoms with Crippen LogP contribution in [0.3, 0.4) is 0 Å². The quantitative estimate of drug-likeness (QED) is 0.573. The van der Waals surface area contributed by atoms with Crippen molar-refractivity contribution in [1.82, 2.24) is 0 Å². The van der Waals surface area contributed by atoms with Gasteiger partial charge in [-0.1, -0.05) is 42.5 Å². The molecule has 0 aliphatic rings. The second-order valence-corrected chi connectivity index (χ2v) is 5.17. The van der Waals surface area contributed by atoms with Crippen LogP contribution < -0.4 is 4.74 Å². The maximum atomic E-state index is 12.8. The molecule has 10 heteroatoms. The fourth-order valence-electron chi connectivity index (χ4n) is 2.18. The van der Waals surface area contributed by atoms with Gasteiger partial charge in [0.15, 0.2) is 0 Å². The molecule has 0 saturated heterocycles. The van der Waals surface area contributed by atoms with E-state index in [2.05, 4.69) is 4.74 Å². The Morgan fingerprint density at radius 3 is 1.27 bits per heavy atom. The van der Waals surface area contributed by atoms with E-state index in [1.165, 1.54) is 0 Å². The summed E-state index contributed by atoms with van der Waals surface area (Å²) in [4.78, 5) is 0. The predicted octanol–water partition coefficient (Wildman–Crippen LogP) is 6.16. The molecule has 0 aliphatic carbocycles. The second-order valence-electron chi connectivity index (χ2n) is 5.17. The van der Waals surface area contributed by atoms with Gasteiger partial charge in [-0.3, -0.25) is 0 Å². The van der Waals surface area contributed by atoms with Crippen molar-refractivity contribution in [3.8, 4) is 16.9 Å². The second kappa shape index (κ2) is 6.40. The SMILES string of the molecule is FC(F)(F)C(Oc1ccc(-c2ccccc2)cc1)(C(F)(F)F)C(F)(F)F. The molecule has 0 aromatic heterocycles. The predicted molar refractivity (Wildman–Crippen MR) is 73.4 cm³/mol. The van der Waals surface area contributed by atoms with Gasteiger partial charge in [0.2, 0.25) is 0 Å². The Morgan fingerprint density at radius 1 is 0.500 bits per heavy atom. The molecule has 0 saturated carbocycles. The van der Waals surface area contributed by atoms with Crippen LogP contribution in [0.4, 0.5) is 39.5 Å². The third kappa shape index (κ3) is 3.45. The molecule has 0 amide bonds. The zero-order chi connectivity index (χ0) is 19.8. The molecule has 0 atom stereocenters. The first kappa shape index (κ1) is 19.9. The van der Waals surface area contributed by atoms with Crippen molar-refractivity contribution < 1.29 is 44.3 Å². The van der Waals surface area contributed by atoms with Crippen molar-refractivity contribution in [2.45, 2.75) is 24.1 Å². The van der Waals surface area contributed by atoms with Gasteiger partial charge in [-0.15, -0.1) is 0 Å². The molecule has 26 heavy (non-hydrogen) atoms. The highest BCUT2D eigenvalue weighted by Gasteiger charge is 2.86. The lowest BCUT2D eigenvalue weighted by Gasteiger charge is -2.38. The molecule has 0 aliphatic heterocycles. The van der Waals surface area contributed by atoms with E-state index in [-0.39, 0.29) is 0 Å². The lowest BCUT2D eigenvalue weighted by molar-refractivity contribution is -0.436. The molecule has 0 unspecified atom stereocenters. The monoisotopic (exact) mass is 388 g/mol. The molecule has 2 aromatic carbocycles. The highest BCUT2D eigenvalue weighted by Crippen LogP contribution is 2.54. The lowest BCUT2D eigenvalue weighted by atomic mass is 10.0. The standard InChI is InChI=1S/C16H9F9O/c17-14(18,19)13(15(20,21)22,16(23,24)25)26-12-8-6-11(7-9-12)10-4-2-1-3-5-10/h1-9H. The number of halogens is 9. The van der Waals surface area contributed by atoms with Crippen LogP contribution in [-0.2, 0) is 0 Å². The first-order chi connectivity index (χ1) is 11.8. The van der Waals surface area contributed by atoms with Crippen molar-refractivity contribution in [2.75, 3.05) is 0 Å². The fraction of sp³-hybridized carbons (Fsp3) is 0.250. The Hall–Kier alpha value is -2.39. The zero-order valence-corrected chi connectivity index (χ0v) is 12.5. The van der Waals surface area contributed by atoms with Crippen LogP contribution in [0.15, 0.2) is 54.6 Å². The molecule has 0 radical (unpaired) electrons. The molecule has 0 spiro atoms. The summed E-state index contributed by atoms with van der Waals surface area (Å²) in [5, 5.41) is 0. The summed E-state index contributed by atoms with van der Waals surface area (Å²) in [6, 6.07) is 11.5. The first-order valence-corrected chi connectivity index (χ1v) is 6.84. The maximum absolute atomic E-state index is 12.8. The summed E-state index contributed by atoms with van der Waals surface area (Å²) in [7, 11) is 0. The Balaban J connectivity index is 2.47. The molecular weight excluding hydrogens is 379 g/mol. The Labute approximate surface area is 141 Å². The molecular formula is C16H9F9O. The third-order valence-corrected chi connectivity index (χ3v) is 3.43. The fourth-order valence-corrected chi connectivity index (χ4v) is 2.18. The summed E-state index contributed by atoms with van der Waals surface area (Å²) in [5.74, 6) is -1.23. The van der Waals surface area contributed by atoms with E-state index in [0.29, 0.717) is 23.3 Å². The highest BCUT2D eigenvalue weighted by atomic mass is 19.4. The van der Waals surface area contributed by atoms with E-state index in [1.54, 1.807) is 30.3 Å². The van der Waals surface area contributed by atoms with Gasteiger partial charge in [0.1, 0.15) is 5.75 Å². The van der Waals surface area contributed by atoms with Gasteiger partial charge in [-0.2, -0.15) is 39.5 Å². The van der Waals surface area contributed by atoms with Crippen molar-refractivity contribution in [1.29, 1.82) is 0 Å². The summed E-state index contributed by atoms with van der Waals surface area (Å²) in [6.07, 6.45) is -20.3. The van der Waals surface area contributed by atoms with E-state index in [1.807, 2.05) is 0 Å². The van der Waals surface area contributed by atoms with E-state index < -0.39 is 29.9 Å². The van der Waals surface area contributed by atoms with Gasteiger partial charge in [0.25, 0.3) is 0 Å². The van der Waals surface area contributed by atoms with Gasteiger partial charge in [0.05, 0.1) is 0 Å². The normalized spacial score (nSPS) is 13.6. The molecule has 142 valence electrons.